The molecule has 0 rings (SSSR count). The number of carboxylic acid groups (broad SMARTS) is 1. The van der Waals surface area contributed by atoms with Crippen LogP contribution in [0.15, 0.2) is 17.1 Å². The number of allylic oxidation sites excluding steroid dienone is 2. The van der Waals surface area contributed by atoms with Gasteiger partial charge < -0.3 is 15.2 Å². The van der Waals surface area contributed by atoms with Gasteiger partial charge in [0.1, 0.15) is 0 Å². The van der Waals surface area contributed by atoms with E-state index < -0.39 is 5.97 Å². The molecule has 92 valence electrons. The van der Waals surface area contributed by atoms with E-state index >= 15 is 0 Å². The molecular formula is C12H20NNaO3. The number of aliphatic carboxylic acids is 1. The Morgan fingerprint density at radius 1 is 1.29 bits per heavy atom. The zero-order chi connectivity index (χ0) is 12.2. The van der Waals surface area contributed by atoms with Gasteiger partial charge in [-0.25, -0.2) is 0 Å². The number of hydrogen-bond donors (Lipinski definition) is 1. The third-order valence-electron chi connectivity index (χ3n) is 2.08. The quantitative estimate of drug-likeness (QED) is 0.182. The van der Waals surface area contributed by atoms with E-state index in [-0.39, 0.29) is 41.9 Å². The summed E-state index contributed by atoms with van der Waals surface area (Å²) in [6, 6.07) is 0. The first-order chi connectivity index (χ1) is 7.66. The van der Waals surface area contributed by atoms with E-state index in [9.17, 15) is 9.90 Å². The molecule has 0 aliphatic rings. The maximum atomic E-state index is 11.2. The van der Waals surface area contributed by atoms with Crippen LogP contribution < -0.4 is 34.7 Å². The van der Waals surface area contributed by atoms with Gasteiger partial charge >= 0.3 is 35.5 Å². The Bertz CT molecular complexity index is 252. The van der Waals surface area contributed by atoms with Crippen molar-refractivity contribution in [3.63, 3.8) is 0 Å². The number of aliphatic imine (C=N–C) groups is 1. The molecule has 17 heavy (non-hydrogen) atoms. The zero-order valence-electron chi connectivity index (χ0n) is 10.8. The summed E-state index contributed by atoms with van der Waals surface area (Å²) in [6.07, 6.45) is 7.93. The Hall–Kier alpha value is -0.320. The van der Waals surface area contributed by atoms with Crippen LogP contribution >= 0.6 is 0 Å². The smallest absolute Gasteiger partial charge is 0.862 e. The Morgan fingerprint density at radius 2 is 2.00 bits per heavy atom. The van der Waals surface area contributed by atoms with Crippen LogP contribution in [0, 0.1) is 0 Å². The maximum Gasteiger partial charge on any atom is 1.00 e. The van der Waals surface area contributed by atoms with E-state index in [0.29, 0.717) is 19.4 Å². The number of carboxylic acids is 1. The first-order valence-corrected chi connectivity index (χ1v) is 5.70. The van der Waals surface area contributed by atoms with Crippen molar-refractivity contribution in [1.82, 2.24) is 0 Å². The fourth-order valence-corrected chi connectivity index (χ4v) is 1.22. The molecule has 0 bridgehead atoms. The summed E-state index contributed by atoms with van der Waals surface area (Å²) in [4.78, 5) is 14.0. The molecule has 1 N–H and O–H groups in total. The van der Waals surface area contributed by atoms with Gasteiger partial charge in [-0.1, -0.05) is 12.2 Å². The van der Waals surface area contributed by atoms with Crippen LogP contribution in [0.4, 0.5) is 0 Å². The molecule has 0 unspecified atom stereocenters. The summed E-state index contributed by atoms with van der Waals surface area (Å²) < 4.78 is 0. The van der Waals surface area contributed by atoms with E-state index in [0.717, 1.165) is 19.3 Å². The number of rotatable bonds is 9. The Morgan fingerprint density at radius 3 is 2.59 bits per heavy atom. The number of nitrogens with zero attached hydrogens (tertiary/aromatic N) is 1. The second-order valence-electron chi connectivity index (χ2n) is 3.59. The molecule has 0 fully saturated rings. The van der Waals surface area contributed by atoms with Crippen molar-refractivity contribution in [3.8, 4) is 0 Å². The average molecular weight is 249 g/mol. The van der Waals surface area contributed by atoms with Crippen LogP contribution in [-0.4, -0.2) is 23.5 Å². The van der Waals surface area contributed by atoms with Crippen molar-refractivity contribution in [2.75, 3.05) is 6.54 Å². The summed E-state index contributed by atoms with van der Waals surface area (Å²) in [5.41, 5.74) is 0. The Labute approximate surface area is 125 Å². The second-order valence-corrected chi connectivity index (χ2v) is 3.59. The summed E-state index contributed by atoms with van der Waals surface area (Å²) in [7, 11) is 0. The van der Waals surface area contributed by atoms with Gasteiger partial charge in [0.2, 0.25) is 0 Å². The predicted octanol–water partition coefficient (Wildman–Crippen LogP) is -1.25. The molecule has 0 spiro atoms. The topological polar surface area (TPSA) is 72.7 Å². The van der Waals surface area contributed by atoms with Crippen LogP contribution in [0.25, 0.3) is 0 Å². The first-order valence-electron chi connectivity index (χ1n) is 5.70. The summed E-state index contributed by atoms with van der Waals surface area (Å²) in [5.74, 6) is -0.945. The van der Waals surface area contributed by atoms with E-state index in [1.54, 1.807) is 0 Å². The van der Waals surface area contributed by atoms with Gasteiger partial charge in [0.15, 0.2) is 0 Å². The summed E-state index contributed by atoms with van der Waals surface area (Å²) in [6.45, 7) is 2.31. The van der Waals surface area contributed by atoms with Crippen molar-refractivity contribution in [1.29, 1.82) is 0 Å². The molecular weight excluding hydrogens is 229 g/mol. The third kappa shape index (κ3) is 15.7. The van der Waals surface area contributed by atoms with Gasteiger partial charge in [-0.05, 0) is 44.9 Å². The standard InChI is InChI=1S/C12H21NO3.Na/c1-2-3-4-5-6-8-11(14)13-10-7-9-12(15)16;/h2-3H,4-10H2,1H3,(H,13,14)(H,15,16);/q;+1/p-1/b3-2+;. The van der Waals surface area contributed by atoms with E-state index in [1.165, 1.54) is 0 Å². The van der Waals surface area contributed by atoms with Crippen molar-refractivity contribution in [3.05, 3.63) is 12.2 Å². The molecule has 0 aromatic heterocycles. The Balaban J connectivity index is 0. The van der Waals surface area contributed by atoms with E-state index in [1.807, 2.05) is 13.0 Å². The average Bonchev–Trinajstić information content (AvgIpc) is 2.24. The molecule has 0 heterocycles. The monoisotopic (exact) mass is 249 g/mol. The van der Waals surface area contributed by atoms with Gasteiger partial charge in [-0.15, -0.1) is 0 Å². The normalized spacial score (nSPS) is 11.5. The molecule has 0 aromatic carbocycles. The molecule has 0 radical (unpaired) electrons. The van der Waals surface area contributed by atoms with Crippen LogP contribution in [-0.2, 0) is 4.79 Å². The van der Waals surface area contributed by atoms with Gasteiger partial charge in [0, 0.05) is 13.0 Å². The van der Waals surface area contributed by atoms with Crippen LogP contribution in [0.1, 0.15) is 45.4 Å². The van der Waals surface area contributed by atoms with Crippen LogP contribution in [0.2, 0.25) is 0 Å². The summed E-state index contributed by atoms with van der Waals surface area (Å²) >= 11 is 0. The number of carbonyl (C=O) groups is 1. The minimum absolute atomic E-state index is 0. The largest absolute Gasteiger partial charge is 1.00 e. The molecule has 0 aromatic rings. The maximum absolute atomic E-state index is 11.2. The first kappa shape index (κ1) is 19.0. The minimum atomic E-state index is -0.839. The molecule has 0 saturated carbocycles. The van der Waals surface area contributed by atoms with Crippen LogP contribution in [0.5, 0.6) is 0 Å². The van der Waals surface area contributed by atoms with E-state index in [4.69, 9.17) is 5.11 Å². The van der Waals surface area contributed by atoms with Crippen molar-refractivity contribution < 1.29 is 44.6 Å². The SMILES string of the molecule is C/C=C/CCCCC([O-])=NCCCC(=O)O.[Na+]. The molecule has 5 heteroatoms. The summed E-state index contributed by atoms with van der Waals surface area (Å²) in [5, 5.41) is 19.6. The fraction of sp³-hybridized carbons (Fsp3) is 0.667. The minimum Gasteiger partial charge on any atom is -0.862 e. The zero-order valence-corrected chi connectivity index (χ0v) is 12.8. The molecule has 0 aliphatic carbocycles. The molecule has 0 atom stereocenters. The fourth-order valence-electron chi connectivity index (χ4n) is 1.22. The van der Waals surface area contributed by atoms with E-state index in [2.05, 4.69) is 11.1 Å². The molecule has 4 nitrogen and oxygen atoms in total. The van der Waals surface area contributed by atoms with Gasteiger partial charge in [0.25, 0.3) is 0 Å². The molecule has 0 aliphatic heterocycles. The van der Waals surface area contributed by atoms with Gasteiger partial charge in [-0.3, -0.25) is 4.79 Å². The molecule has 0 amide bonds. The van der Waals surface area contributed by atoms with Gasteiger partial charge in [-0.2, -0.15) is 0 Å². The van der Waals surface area contributed by atoms with Crippen LogP contribution in [0.3, 0.4) is 0 Å². The number of hydrogen-bond acceptors (Lipinski definition) is 3. The predicted molar refractivity (Wildman–Crippen MR) is 62.5 cm³/mol. The Kier molecular flexibility index (Phi) is 15.4. The van der Waals surface area contributed by atoms with Crippen molar-refractivity contribution >= 4 is 11.9 Å². The van der Waals surface area contributed by atoms with Crippen molar-refractivity contribution in [2.45, 2.75) is 45.4 Å². The second kappa shape index (κ2) is 13.7. The van der Waals surface area contributed by atoms with Crippen molar-refractivity contribution in [2.24, 2.45) is 4.99 Å². The third-order valence-corrected chi connectivity index (χ3v) is 2.08. The molecule has 0 saturated heterocycles. The number of unbranched alkanes of at least 4 members (excludes halogenated alkanes) is 2. The van der Waals surface area contributed by atoms with Gasteiger partial charge in [0.05, 0.1) is 0 Å².